The predicted molar refractivity (Wildman–Crippen MR) is 50.4 cm³/mol. The minimum absolute atomic E-state index is 0.401. The van der Waals surface area contributed by atoms with Crippen LogP contribution >= 0.6 is 0 Å². The van der Waals surface area contributed by atoms with Gasteiger partial charge >= 0.3 is 5.97 Å². The highest BCUT2D eigenvalue weighted by atomic mass is 16.4. The number of hydrogen-bond acceptors (Lipinski definition) is 1. The van der Waals surface area contributed by atoms with E-state index in [-0.39, 0.29) is 0 Å². The van der Waals surface area contributed by atoms with Gasteiger partial charge in [-0.15, -0.1) is 0 Å². The molecule has 0 saturated heterocycles. The lowest BCUT2D eigenvalue weighted by molar-refractivity contribution is -0.151. The zero-order valence-corrected chi connectivity index (χ0v) is 8.05. The first-order chi connectivity index (χ1) is 6.12. The van der Waals surface area contributed by atoms with Gasteiger partial charge in [0.05, 0.1) is 5.41 Å². The SMILES string of the molecule is CC1C=C2CCCC(C(=O)O)(C2)C1. The van der Waals surface area contributed by atoms with Gasteiger partial charge in [-0.3, -0.25) is 4.79 Å². The summed E-state index contributed by atoms with van der Waals surface area (Å²) in [5, 5.41) is 9.23. The summed E-state index contributed by atoms with van der Waals surface area (Å²) in [7, 11) is 0. The van der Waals surface area contributed by atoms with Crippen LogP contribution in [-0.4, -0.2) is 11.1 Å². The number of carboxylic acid groups (broad SMARTS) is 1. The van der Waals surface area contributed by atoms with Crippen LogP contribution in [0.5, 0.6) is 0 Å². The number of carboxylic acids is 1. The minimum atomic E-state index is -0.579. The molecule has 2 heteroatoms. The van der Waals surface area contributed by atoms with Crippen molar-refractivity contribution in [1.82, 2.24) is 0 Å². The maximum absolute atomic E-state index is 11.2. The van der Waals surface area contributed by atoms with Crippen LogP contribution in [0.25, 0.3) is 0 Å². The van der Waals surface area contributed by atoms with Crippen LogP contribution in [-0.2, 0) is 4.79 Å². The van der Waals surface area contributed by atoms with Crippen molar-refractivity contribution in [2.24, 2.45) is 11.3 Å². The highest BCUT2D eigenvalue weighted by molar-refractivity contribution is 5.75. The van der Waals surface area contributed by atoms with E-state index in [1.54, 1.807) is 0 Å². The van der Waals surface area contributed by atoms with Gasteiger partial charge in [-0.05, 0) is 38.0 Å². The van der Waals surface area contributed by atoms with Crippen molar-refractivity contribution in [2.75, 3.05) is 0 Å². The van der Waals surface area contributed by atoms with Gasteiger partial charge < -0.3 is 5.11 Å². The largest absolute Gasteiger partial charge is 0.481 e. The monoisotopic (exact) mass is 180 g/mol. The molecule has 2 unspecified atom stereocenters. The topological polar surface area (TPSA) is 37.3 Å². The van der Waals surface area contributed by atoms with E-state index in [4.69, 9.17) is 0 Å². The van der Waals surface area contributed by atoms with E-state index in [1.807, 2.05) is 0 Å². The van der Waals surface area contributed by atoms with E-state index in [1.165, 1.54) is 5.57 Å². The molecular weight excluding hydrogens is 164 g/mol. The van der Waals surface area contributed by atoms with Gasteiger partial charge in [-0.2, -0.15) is 0 Å². The molecule has 2 rings (SSSR count). The lowest BCUT2D eigenvalue weighted by Crippen LogP contribution is -2.37. The molecule has 2 aliphatic rings. The molecule has 0 heterocycles. The Morgan fingerprint density at radius 3 is 3.15 bits per heavy atom. The zero-order valence-electron chi connectivity index (χ0n) is 8.05. The fourth-order valence-electron chi connectivity index (χ4n) is 2.93. The molecule has 2 aliphatic carbocycles. The van der Waals surface area contributed by atoms with Crippen LogP contribution in [0.15, 0.2) is 11.6 Å². The number of fused-ring (bicyclic) bond motifs is 2. The second-order valence-electron chi connectivity index (χ2n) is 4.62. The molecule has 2 nitrogen and oxygen atoms in total. The molecule has 0 aromatic heterocycles. The quantitative estimate of drug-likeness (QED) is 0.630. The van der Waals surface area contributed by atoms with Crippen LogP contribution in [0.3, 0.4) is 0 Å². The molecule has 0 aromatic carbocycles. The first kappa shape index (κ1) is 8.79. The molecule has 13 heavy (non-hydrogen) atoms. The van der Waals surface area contributed by atoms with Crippen molar-refractivity contribution in [3.63, 3.8) is 0 Å². The Hall–Kier alpha value is -0.790. The lowest BCUT2D eigenvalue weighted by atomic mass is 9.64. The van der Waals surface area contributed by atoms with Crippen LogP contribution in [0.1, 0.15) is 39.0 Å². The molecule has 0 aliphatic heterocycles. The summed E-state index contributed by atoms with van der Waals surface area (Å²) in [6.45, 7) is 2.13. The zero-order chi connectivity index (χ0) is 9.47. The number of rotatable bonds is 1. The van der Waals surface area contributed by atoms with Gasteiger partial charge in [0.2, 0.25) is 0 Å². The molecule has 0 aromatic rings. The van der Waals surface area contributed by atoms with Crippen molar-refractivity contribution in [3.05, 3.63) is 11.6 Å². The summed E-state index contributed by atoms with van der Waals surface area (Å²) in [5.41, 5.74) is 0.981. The van der Waals surface area contributed by atoms with Gasteiger partial charge in [0.15, 0.2) is 0 Å². The normalized spacial score (nSPS) is 38.2. The number of carbonyl (C=O) groups is 1. The minimum Gasteiger partial charge on any atom is -0.481 e. The van der Waals surface area contributed by atoms with E-state index in [2.05, 4.69) is 13.0 Å². The van der Waals surface area contributed by atoms with Crippen LogP contribution in [0, 0.1) is 11.3 Å². The summed E-state index contributed by atoms with van der Waals surface area (Å²) >= 11 is 0. The molecule has 2 bridgehead atoms. The molecule has 0 spiro atoms. The molecular formula is C11H16O2. The maximum atomic E-state index is 11.2. The fourth-order valence-corrected chi connectivity index (χ4v) is 2.93. The molecule has 0 radical (unpaired) electrons. The van der Waals surface area contributed by atoms with Gasteiger partial charge in [0.25, 0.3) is 0 Å². The van der Waals surface area contributed by atoms with E-state index >= 15 is 0 Å². The van der Waals surface area contributed by atoms with Crippen LogP contribution < -0.4 is 0 Å². The summed E-state index contributed by atoms with van der Waals surface area (Å²) in [4.78, 5) is 11.2. The predicted octanol–water partition coefficient (Wildman–Crippen LogP) is 2.60. The Morgan fingerprint density at radius 2 is 2.46 bits per heavy atom. The number of allylic oxidation sites excluding steroid dienone is 2. The van der Waals surface area contributed by atoms with Crippen LogP contribution in [0.2, 0.25) is 0 Å². The second-order valence-corrected chi connectivity index (χ2v) is 4.62. The van der Waals surface area contributed by atoms with Crippen molar-refractivity contribution in [1.29, 1.82) is 0 Å². The van der Waals surface area contributed by atoms with E-state index in [9.17, 15) is 9.90 Å². The summed E-state index contributed by atoms with van der Waals surface area (Å²) in [6, 6.07) is 0. The standard InChI is InChI=1S/C11H16O2/c1-8-5-9-3-2-4-11(6-8,7-9)10(12)13/h5,8H,2-4,6-7H2,1H3,(H,12,13). The highest BCUT2D eigenvalue weighted by Crippen LogP contribution is 2.47. The van der Waals surface area contributed by atoms with Crippen molar-refractivity contribution < 1.29 is 9.90 Å². The van der Waals surface area contributed by atoms with E-state index in [0.717, 1.165) is 32.1 Å². The van der Waals surface area contributed by atoms with E-state index in [0.29, 0.717) is 5.92 Å². The first-order valence-electron chi connectivity index (χ1n) is 5.05. The lowest BCUT2D eigenvalue weighted by Gasteiger charge is -2.40. The van der Waals surface area contributed by atoms with Gasteiger partial charge in [-0.1, -0.05) is 18.6 Å². The number of aliphatic carboxylic acids is 1. The molecule has 1 N–H and O–H groups in total. The Balaban J connectivity index is 2.31. The van der Waals surface area contributed by atoms with Crippen molar-refractivity contribution >= 4 is 5.97 Å². The third kappa shape index (κ3) is 1.38. The summed E-state index contributed by atoms with van der Waals surface area (Å²) in [5.74, 6) is -0.121. The van der Waals surface area contributed by atoms with Crippen LogP contribution in [0.4, 0.5) is 0 Å². The summed E-state index contributed by atoms with van der Waals surface area (Å²) < 4.78 is 0. The highest BCUT2D eigenvalue weighted by Gasteiger charge is 2.43. The Bertz CT molecular complexity index is 267. The van der Waals surface area contributed by atoms with E-state index < -0.39 is 11.4 Å². The van der Waals surface area contributed by atoms with Gasteiger partial charge in [0, 0.05) is 0 Å². The number of hydrogen-bond donors (Lipinski definition) is 1. The fraction of sp³-hybridized carbons (Fsp3) is 0.727. The average molecular weight is 180 g/mol. The Morgan fingerprint density at radius 1 is 1.69 bits per heavy atom. The maximum Gasteiger partial charge on any atom is 0.309 e. The average Bonchev–Trinajstić information content (AvgIpc) is 2.02. The Kier molecular flexibility index (Phi) is 1.94. The Labute approximate surface area is 78.6 Å². The second kappa shape index (κ2) is 2.86. The summed E-state index contributed by atoms with van der Waals surface area (Å²) in [6.07, 6.45) is 6.99. The van der Waals surface area contributed by atoms with Crippen molar-refractivity contribution in [3.8, 4) is 0 Å². The molecule has 2 atom stereocenters. The third-order valence-corrected chi connectivity index (χ3v) is 3.41. The third-order valence-electron chi connectivity index (χ3n) is 3.41. The smallest absolute Gasteiger partial charge is 0.309 e. The molecule has 1 fully saturated rings. The molecule has 72 valence electrons. The molecule has 1 saturated carbocycles. The van der Waals surface area contributed by atoms with Gasteiger partial charge in [0.1, 0.15) is 0 Å². The molecule has 0 amide bonds. The van der Waals surface area contributed by atoms with Crippen molar-refractivity contribution in [2.45, 2.75) is 39.0 Å². The first-order valence-corrected chi connectivity index (χ1v) is 5.05. The van der Waals surface area contributed by atoms with Gasteiger partial charge in [-0.25, -0.2) is 0 Å².